The van der Waals surface area contributed by atoms with Crippen molar-refractivity contribution >= 4 is 30.5 Å². The molecular weight excluding hydrogens is 461 g/mol. The number of nitrogens with zero attached hydrogens (tertiary/aromatic N) is 4. The molecule has 1 aromatic heterocycles. The van der Waals surface area contributed by atoms with E-state index in [1.165, 1.54) is 0 Å². The molecule has 11 heteroatoms. The Balaban J connectivity index is 1.53. The predicted molar refractivity (Wildman–Crippen MR) is 139 cm³/mol. The van der Waals surface area contributed by atoms with Gasteiger partial charge in [0.2, 0.25) is 11.9 Å². The van der Waals surface area contributed by atoms with E-state index in [0.717, 1.165) is 18.3 Å². The number of hydrogen-bond acceptors (Lipinski definition) is 8. The number of aromatic nitrogens is 2. The first-order valence-electron chi connectivity index (χ1n) is 12.7. The third kappa shape index (κ3) is 6.88. The van der Waals surface area contributed by atoms with Crippen LogP contribution < -0.4 is 15.7 Å². The number of ether oxygens (including phenoxy) is 1. The van der Waals surface area contributed by atoms with Gasteiger partial charge in [0.15, 0.2) is 0 Å². The molecule has 2 atom stereocenters. The van der Waals surface area contributed by atoms with Crippen molar-refractivity contribution in [2.75, 3.05) is 31.6 Å². The molecule has 1 aromatic rings. The summed E-state index contributed by atoms with van der Waals surface area (Å²) < 4.78 is 17.4. The normalized spacial score (nSPS) is 22.2. The Morgan fingerprint density at radius 1 is 1.22 bits per heavy atom. The van der Waals surface area contributed by atoms with E-state index in [9.17, 15) is 9.59 Å². The van der Waals surface area contributed by atoms with Crippen molar-refractivity contribution in [1.29, 1.82) is 0 Å². The molecule has 36 heavy (non-hydrogen) atoms. The molecule has 0 radical (unpaired) electrons. The number of alkyl carbamates (subject to hydrolysis) is 1. The molecule has 10 nitrogen and oxygen atoms in total. The summed E-state index contributed by atoms with van der Waals surface area (Å²) in [5.74, 6) is 0.780. The largest absolute Gasteiger partial charge is 0.498 e. The van der Waals surface area contributed by atoms with Gasteiger partial charge in [0.25, 0.3) is 0 Å². The lowest BCUT2D eigenvalue weighted by molar-refractivity contribution is -0.134. The molecule has 2 aliphatic rings. The molecule has 2 fully saturated rings. The highest BCUT2D eigenvalue weighted by Gasteiger charge is 2.52. The van der Waals surface area contributed by atoms with Gasteiger partial charge in [-0.05, 0) is 74.1 Å². The van der Waals surface area contributed by atoms with E-state index >= 15 is 0 Å². The number of carbonyl (C=O) groups is 2. The number of likely N-dealkylation sites (tertiary alicyclic amines) is 1. The summed E-state index contributed by atoms with van der Waals surface area (Å²) in [5, 5.41) is 2.65. The van der Waals surface area contributed by atoms with Crippen molar-refractivity contribution in [3.05, 3.63) is 12.4 Å². The van der Waals surface area contributed by atoms with Crippen LogP contribution in [0.5, 0.6) is 0 Å². The maximum atomic E-state index is 12.9. The number of hydrogen-bond donors (Lipinski definition) is 1. The third-order valence-electron chi connectivity index (χ3n) is 6.99. The molecule has 0 aliphatic carbocycles. The van der Waals surface area contributed by atoms with Crippen molar-refractivity contribution in [3.63, 3.8) is 0 Å². The Morgan fingerprint density at radius 3 is 2.36 bits per heavy atom. The van der Waals surface area contributed by atoms with Gasteiger partial charge in [-0.15, -0.1) is 0 Å². The van der Waals surface area contributed by atoms with E-state index in [1.54, 1.807) is 40.1 Å². The van der Waals surface area contributed by atoms with Crippen LogP contribution in [-0.2, 0) is 18.8 Å². The van der Waals surface area contributed by atoms with Gasteiger partial charge in [0.1, 0.15) is 11.6 Å². The van der Waals surface area contributed by atoms with E-state index in [0.29, 0.717) is 25.6 Å². The summed E-state index contributed by atoms with van der Waals surface area (Å²) in [7, 11) is 1.46. The zero-order valence-electron chi connectivity index (χ0n) is 23.3. The van der Waals surface area contributed by atoms with Crippen molar-refractivity contribution in [2.45, 2.75) is 91.1 Å². The minimum absolute atomic E-state index is 0.101. The van der Waals surface area contributed by atoms with Gasteiger partial charge in [-0.1, -0.05) is 0 Å². The van der Waals surface area contributed by atoms with Gasteiger partial charge < -0.3 is 29.2 Å². The van der Waals surface area contributed by atoms with Crippen LogP contribution in [0.2, 0.25) is 0 Å². The van der Waals surface area contributed by atoms with Crippen molar-refractivity contribution in [3.8, 4) is 0 Å². The number of amides is 2. The summed E-state index contributed by atoms with van der Waals surface area (Å²) in [6.07, 6.45) is 4.83. The molecule has 1 N–H and O–H groups in total. The van der Waals surface area contributed by atoms with Crippen molar-refractivity contribution < 1.29 is 23.6 Å². The van der Waals surface area contributed by atoms with Crippen LogP contribution in [0, 0.1) is 5.92 Å². The van der Waals surface area contributed by atoms with Crippen LogP contribution in [0.25, 0.3) is 0 Å². The van der Waals surface area contributed by atoms with Crippen LogP contribution in [-0.4, -0.2) is 83.5 Å². The van der Waals surface area contributed by atoms with Gasteiger partial charge in [0, 0.05) is 44.5 Å². The molecule has 2 aliphatic heterocycles. The molecule has 0 spiro atoms. The molecule has 2 amide bonds. The zero-order valence-corrected chi connectivity index (χ0v) is 23.3. The minimum atomic E-state index is -0.651. The molecular formula is C25H42BN5O5. The summed E-state index contributed by atoms with van der Waals surface area (Å²) in [6.45, 7) is 17.1. The molecule has 0 saturated carbocycles. The topological polar surface area (TPSA) is 106 Å². The van der Waals surface area contributed by atoms with Crippen LogP contribution in [0.15, 0.2) is 12.4 Å². The van der Waals surface area contributed by atoms with Gasteiger partial charge in [-0.25, -0.2) is 14.8 Å². The molecule has 0 bridgehead atoms. The standard InChI is InChI=1S/C25H42BN5O5/c1-17(29-22(33)34-23(2,3)4)20(32)31-12-10-11-18(16-31)15-30(9)21-27-13-19(14-28-21)26-35-24(5,6)25(7,8)36-26/h13-14,17-18H,10-12,15-16H2,1-9H3,(H,29,33)/t17-,18-/m1/s1. The molecule has 0 unspecified atom stereocenters. The first-order valence-corrected chi connectivity index (χ1v) is 12.7. The first kappa shape index (κ1) is 28.2. The van der Waals surface area contributed by atoms with Crippen molar-refractivity contribution in [1.82, 2.24) is 20.2 Å². The smallest absolute Gasteiger partial charge is 0.444 e. The monoisotopic (exact) mass is 503 g/mol. The Bertz CT molecular complexity index is 918. The highest BCUT2D eigenvalue weighted by molar-refractivity contribution is 6.61. The van der Waals surface area contributed by atoms with E-state index in [-0.39, 0.29) is 11.8 Å². The fourth-order valence-electron chi connectivity index (χ4n) is 4.33. The van der Waals surface area contributed by atoms with E-state index in [4.69, 9.17) is 14.0 Å². The van der Waals surface area contributed by atoms with Crippen LogP contribution in [0.4, 0.5) is 10.7 Å². The summed E-state index contributed by atoms with van der Waals surface area (Å²) in [4.78, 5) is 37.9. The summed E-state index contributed by atoms with van der Waals surface area (Å²) >= 11 is 0. The molecule has 0 aromatic carbocycles. The lowest BCUT2D eigenvalue weighted by Gasteiger charge is -2.36. The number of nitrogens with one attached hydrogen (secondary N) is 1. The molecule has 2 saturated heterocycles. The zero-order chi connectivity index (χ0) is 26.9. The second-order valence-electron chi connectivity index (χ2n) is 11.9. The van der Waals surface area contributed by atoms with E-state index < -0.39 is 36.1 Å². The molecule has 3 heterocycles. The Hall–Kier alpha value is -2.40. The number of rotatable bonds is 6. The number of anilines is 1. The fourth-order valence-corrected chi connectivity index (χ4v) is 4.33. The fraction of sp³-hybridized carbons (Fsp3) is 0.760. The SMILES string of the molecule is C[C@@H](NC(=O)OC(C)(C)C)C(=O)N1CCC[C@H](CN(C)c2ncc(B3OC(C)(C)C(C)(C)O3)cn2)C1. The summed E-state index contributed by atoms with van der Waals surface area (Å²) in [6, 6.07) is -0.651. The summed E-state index contributed by atoms with van der Waals surface area (Å²) in [5.41, 5.74) is -0.667. The van der Waals surface area contributed by atoms with Gasteiger partial charge in [-0.2, -0.15) is 0 Å². The number of piperidine rings is 1. The quantitative estimate of drug-likeness (QED) is 0.590. The lowest BCUT2D eigenvalue weighted by atomic mass is 9.81. The second-order valence-corrected chi connectivity index (χ2v) is 11.9. The average molecular weight is 503 g/mol. The second kappa shape index (κ2) is 10.5. The first-order chi connectivity index (χ1) is 16.6. The Labute approximate surface area is 215 Å². The van der Waals surface area contributed by atoms with E-state index in [1.807, 2.05) is 44.5 Å². The average Bonchev–Trinajstić information content (AvgIpc) is 2.99. The van der Waals surface area contributed by atoms with Crippen LogP contribution >= 0.6 is 0 Å². The maximum absolute atomic E-state index is 12.9. The maximum Gasteiger partial charge on any atom is 0.498 e. The van der Waals surface area contributed by atoms with Gasteiger partial charge >= 0.3 is 13.2 Å². The van der Waals surface area contributed by atoms with Gasteiger partial charge in [0.05, 0.1) is 11.2 Å². The Morgan fingerprint density at radius 2 is 1.81 bits per heavy atom. The molecule has 3 rings (SSSR count). The molecule has 200 valence electrons. The van der Waals surface area contributed by atoms with Crippen LogP contribution in [0.3, 0.4) is 0 Å². The highest BCUT2D eigenvalue weighted by atomic mass is 16.7. The lowest BCUT2D eigenvalue weighted by Crippen LogP contribution is -2.51. The highest BCUT2D eigenvalue weighted by Crippen LogP contribution is 2.36. The van der Waals surface area contributed by atoms with Gasteiger partial charge in [-0.3, -0.25) is 4.79 Å². The van der Waals surface area contributed by atoms with Crippen LogP contribution in [0.1, 0.15) is 68.2 Å². The predicted octanol–water partition coefficient (Wildman–Crippen LogP) is 2.36. The van der Waals surface area contributed by atoms with E-state index in [2.05, 4.69) is 15.3 Å². The third-order valence-corrected chi connectivity index (χ3v) is 6.99. The van der Waals surface area contributed by atoms with Crippen molar-refractivity contribution in [2.24, 2.45) is 5.92 Å². The minimum Gasteiger partial charge on any atom is -0.444 e. The number of carbonyl (C=O) groups excluding carboxylic acids is 2. The Kier molecular flexibility index (Phi) is 8.25.